The van der Waals surface area contributed by atoms with Crippen molar-refractivity contribution in [3.05, 3.63) is 33.9 Å². The molecule has 0 aromatic heterocycles. The van der Waals surface area contributed by atoms with Crippen LogP contribution in [0.2, 0.25) is 0 Å². The highest BCUT2D eigenvalue weighted by molar-refractivity contribution is 5.83. The number of ether oxygens (including phenoxy) is 2. The summed E-state index contributed by atoms with van der Waals surface area (Å²) in [6.45, 7) is 2.31. The number of hydrogen-bond donors (Lipinski definition) is 1. The number of methoxy groups -OCH3 is 2. The maximum atomic E-state index is 10.4. The lowest BCUT2D eigenvalue weighted by Gasteiger charge is -2.14. The minimum Gasteiger partial charge on any atom is -0.493 e. The first-order chi connectivity index (χ1) is 10.5. The molecule has 1 aromatic carbocycles. The standard InChI is InChI=1S/C13H19N5O4/c1-4-7-17(13(14)16-18(19)20)15-9-10-5-6-11(21-2)12(8-10)22-3/h5-6,8-9H,4,7H2,1-3H3,(H2,14,16)/b15-9+. The summed E-state index contributed by atoms with van der Waals surface area (Å²) in [5.74, 6) is 0.878. The zero-order chi connectivity index (χ0) is 16.5. The van der Waals surface area contributed by atoms with Gasteiger partial charge in [0, 0.05) is 6.54 Å². The van der Waals surface area contributed by atoms with Crippen molar-refractivity contribution in [3.63, 3.8) is 0 Å². The maximum Gasteiger partial charge on any atom is 0.289 e. The number of nitrogens with two attached hydrogens (primary N) is 1. The Kier molecular flexibility index (Phi) is 6.61. The second-order valence-corrected chi connectivity index (χ2v) is 4.18. The molecule has 1 rings (SSSR count). The second kappa shape index (κ2) is 8.45. The molecule has 0 heterocycles. The van der Waals surface area contributed by atoms with Gasteiger partial charge in [-0.3, -0.25) is 0 Å². The third-order valence-corrected chi connectivity index (χ3v) is 2.64. The highest BCUT2D eigenvalue weighted by Crippen LogP contribution is 2.26. The van der Waals surface area contributed by atoms with Gasteiger partial charge in [-0.05, 0) is 30.2 Å². The number of hydrogen-bond acceptors (Lipinski definition) is 5. The number of rotatable bonds is 7. The molecule has 0 atom stereocenters. The van der Waals surface area contributed by atoms with E-state index >= 15 is 0 Å². The van der Waals surface area contributed by atoms with Crippen LogP contribution >= 0.6 is 0 Å². The SMILES string of the molecule is CCCN(/N=C/c1ccc(OC)c(OC)c1)/C(N)=N/[N+](=O)[O-]. The van der Waals surface area contributed by atoms with E-state index in [-0.39, 0.29) is 5.96 Å². The Morgan fingerprint density at radius 3 is 2.64 bits per heavy atom. The van der Waals surface area contributed by atoms with Crippen LogP contribution in [0, 0.1) is 10.1 Å². The summed E-state index contributed by atoms with van der Waals surface area (Å²) in [5, 5.41) is 18.0. The van der Waals surface area contributed by atoms with E-state index in [1.807, 2.05) is 6.92 Å². The summed E-state index contributed by atoms with van der Waals surface area (Å²) in [7, 11) is 3.08. The number of guanidine groups is 1. The summed E-state index contributed by atoms with van der Waals surface area (Å²) in [4.78, 5) is 10.4. The van der Waals surface area contributed by atoms with Gasteiger partial charge in [-0.15, -0.1) is 0 Å². The number of nitrogens with zero attached hydrogens (tertiary/aromatic N) is 4. The normalized spacial score (nSPS) is 11.5. The minimum atomic E-state index is -0.857. The van der Waals surface area contributed by atoms with Crippen molar-refractivity contribution in [2.75, 3.05) is 20.8 Å². The smallest absolute Gasteiger partial charge is 0.289 e. The van der Waals surface area contributed by atoms with Crippen LogP contribution in [0.5, 0.6) is 11.5 Å². The lowest BCUT2D eigenvalue weighted by atomic mass is 10.2. The predicted molar refractivity (Wildman–Crippen MR) is 82.8 cm³/mol. The quantitative estimate of drug-likeness (QED) is 0.351. The molecule has 0 bridgehead atoms. The van der Waals surface area contributed by atoms with Gasteiger partial charge in [0.15, 0.2) is 16.5 Å². The van der Waals surface area contributed by atoms with Gasteiger partial charge in [0.1, 0.15) is 5.10 Å². The van der Waals surface area contributed by atoms with Crippen molar-refractivity contribution in [1.29, 1.82) is 0 Å². The molecule has 0 radical (unpaired) electrons. The molecule has 0 unspecified atom stereocenters. The van der Waals surface area contributed by atoms with Crippen LogP contribution in [0.15, 0.2) is 28.4 Å². The van der Waals surface area contributed by atoms with Crippen LogP contribution in [0.1, 0.15) is 18.9 Å². The van der Waals surface area contributed by atoms with Gasteiger partial charge in [-0.25, -0.2) is 15.1 Å². The van der Waals surface area contributed by atoms with Gasteiger partial charge in [-0.2, -0.15) is 5.10 Å². The second-order valence-electron chi connectivity index (χ2n) is 4.18. The molecule has 2 N–H and O–H groups in total. The Morgan fingerprint density at radius 2 is 2.09 bits per heavy atom. The number of nitro groups is 1. The monoisotopic (exact) mass is 309 g/mol. The molecule has 0 amide bonds. The summed E-state index contributed by atoms with van der Waals surface area (Å²) in [6, 6.07) is 5.24. The Labute approximate surface area is 128 Å². The highest BCUT2D eigenvalue weighted by atomic mass is 16.7. The first kappa shape index (κ1) is 17.2. The average molecular weight is 309 g/mol. The maximum absolute atomic E-state index is 10.4. The van der Waals surface area contributed by atoms with E-state index in [2.05, 4.69) is 10.2 Å². The molecular formula is C13H19N5O4. The van der Waals surface area contributed by atoms with E-state index in [0.29, 0.717) is 24.5 Å². The summed E-state index contributed by atoms with van der Waals surface area (Å²) >= 11 is 0. The summed E-state index contributed by atoms with van der Waals surface area (Å²) in [6.07, 6.45) is 2.22. The van der Waals surface area contributed by atoms with E-state index in [9.17, 15) is 10.1 Å². The van der Waals surface area contributed by atoms with Crippen LogP contribution in [0.25, 0.3) is 0 Å². The average Bonchev–Trinajstić information content (AvgIpc) is 2.50. The predicted octanol–water partition coefficient (Wildman–Crippen LogP) is 1.26. The molecular weight excluding hydrogens is 290 g/mol. The fourth-order valence-corrected chi connectivity index (χ4v) is 1.65. The van der Waals surface area contributed by atoms with Gasteiger partial charge >= 0.3 is 0 Å². The van der Waals surface area contributed by atoms with Gasteiger partial charge in [0.25, 0.3) is 5.96 Å². The van der Waals surface area contributed by atoms with Crippen LogP contribution in [-0.2, 0) is 0 Å². The van der Waals surface area contributed by atoms with Gasteiger partial charge in [0.05, 0.1) is 20.4 Å². The zero-order valence-corrected chi connectivity index (χ0v) is 12.7. The molecule has 0 aliphatic rings. The summed E-state index contributed by atoms with van der Waals surface area (Å²) in [5.41, 5.74) is 6.28. The third-order valence-electron chi connectivity index (χ3n) is 2.64. The number of benzene rings is 1. The van der Waals surface area contributed by atoms with Crippen LogP contribution in [0.3, 0.4) is 0 Å². The van der Waals surface area contributed by atoms with Crippen molar-refractivity contribution in [2.24, 2.45) is 15.9 Å². The highest BCUT2D eigenvalue weighted by Gasteiger charge is 2.09. The topological polar surface area (TPSA) is 116 Å². The molecule has 0 aliphatic carbocycles. The minimum absolute atomic E-state index is 0.274. The van der Waals surface area contributed by atoms with E-state index in [1.165, 1.54) is 18.3 Å². The van der Waals surface area contributed by atoms with Gasteiger partial charge < -0.3 is 15.2 Å². The Bertz CT molecular complexity index is 574. The molecule has 0 fully saturated rings. The first-order valence-electron chi connectivity index (χ1n) is 6.53. The lowest BCUT2D eigenvalue weighted by molar-refractivity contribution is -0.485. The van der Waals surface area contributed by atoms with Crippen LogP contribution in [-0.4, -0.2) is 43.0 Å². The molecule has 0 saturated carbocycles. The van der Waals surface area contributed by atoms with Gasteiger partial charge in [-0.1, -0.05) is 6.92 Å². The largest absolute Gasteiger partial charge is 0.493 e. The zero-order valence-electron chi connectivity index (χ0n) is 12.7. The van der Waals surface area contributed by atoms with Crippen LogP contribution in [0.4, 0.5) is 0 Å². The summed E-state index contributed by atoms with van der Waals surface area (Å²) < 4.78 is 10.3. The van der Waals surface area contributed by atoms with Crippen molar-refractivity contribution in [1.82, 2.24) is 5.01 Å². The third kappa shape index (κ3) is 4.93. The molecule has 1 aromatic rings. The lowest BCUT2D eigenvalue weighted by Crippen LogP contribution is -2.34. The molecule has 9 nitrogen and oxygen atoms in total. The fourth-order valence-electron chi connectivity index (χ4n) is 1.65. The van der Waals surface area contributed by atoms with Crippen molar-refractivity contribution >= 4 is 12.2 Å². The molecule has 0 saturated heterocycles. The Morgan fingerprint density at radius 1 is 1.41 bits per heavy atom. The van der Waals surface area contributed by atoms with E-state index < -0.39 is 5.03 Å². The van der Waals surface area contributed by atoms with Gasteiger partial charge in [0.2, 0.25) is 0 Å². The number of hydrazone groups is 2. The fraction of sp³-hybridized carbons (Fsp3) is 0.385. The molecule has 0 aliphatic heterocycles. The van der Waals surface area contributed by atoms with Crippen molar-refractivity contribution in [2.45, 2.75) is 13.3 Å². The molecule has 120 valence electrons. The van der Waals surface area contributed by atoms with Crippen molar-refractivity contribution < 1.29 is 14.5 Å². The molecule has 22 heavy (non-hydrogen) atoms. The van der Waals surface area contributed by atoms with E-state index in [0.717, 1.165) is 5.56 Å². The first-order valence-corrected chi connectivity index (χ1v) is 6.53. The van der Waals surface area contributed by atoms with E-state index in [1.54, 1.807) is 25.3 Å². The Balaban J connectivity index is 2.98. The Hall–Kier alpha value is -2.84. The molecule has 0 spiro atoms. The van der Waals surface area contributed by atoms with Crippen molar-refractivity contribution in [3.8, 4) is 11.5 Å². The molecule has 9 heteroatoms. The van der Waals surface area contributed by atoms with E-state index in [4.69, 9.17) is 15.2 Å². The van der Waals surface area contributed by atoms with Crippen LogP contribution < -0.4 is 15.2 Å².